The number of hydrogen-bond donors (Lipinski definition) is 6. The average molecular weight is 561 g/mol. The maximum Gasteiger partial charge on any atom is 0.335 e. The van der Waals surface area contributed by atoms with E-state index in [2.05, 4.69) is 5.32 Å². The Bertz CT molecular complexity index is 1110. The SMILES string of the molecule is CC1(C)S[C@@H]2[C@H](NC(=O)[C@H](C(=O)O)c3ccsc3)C(=O)N2[C@H]1C(=O)OC1OC(C(=O)O)C(O)C(O)C1O. The number of carbonyl (C=O) groups is 5. The highest BCUT2D eigenvalue weighted by molar-refractivity contribution is 8.01. The molecule has 202 valence electrons. The Morgan fingerprint density at radius 2 is 1.81 bits per heavy atom. The molecule has 3 aliphatic rings. The van der Waals surface area contributed by atoms with E-state index in [9.17, 15) is 44.4 Å². The van der Waals surface area contributed by atoms with Gasteiger partial charge >= 0.3 is 17.9 Å². The Morgan fingerprint density at radius 1 is 1.14 bits per heavy atom. The fraction of sp³-hybridized carbons (Fsp3) is 0.571. The molecule has 1 aromatic heterocycles. The maximum atomic E-state index is 13.1. The van der Waals surface area contributed by atoms with Crippen molar-refractivity contribution in [2.45, 2.75) is 72.7 Å². The predicted molar refractivity (Wildman–Crippen MR) is 123 cm³/mol. The first-order valence-electron chi connectivity index (χ1n) is 10.9. The largest absolute Gasteiger partial charge is 0.480 e. The van der Waals surface area contributed by atoms with Gasteiger partial charge in [0, 0.05) is 4.75 Å². The van der Waals surface area contributed by atoms with Gasteiger partial charge in [0.1, 0.15) is 35.8 Å². The first kappa shape index (κ1) is 27.3. The lowest BCUT2D eigenvalue weighted by Crippen LogP contribution is -2.71. The Labute approximate surface area is 217 Å². The number of β-lactam (4-membered cyclic amide) rings is 1. The molecule has 0 radical (unpaired) electrons. The molecule has 5 unspecified atom stereocenters. The summed E-state index contributed by atoms with van der Waals surface area (Å²) >= 11 is 2.36. The number of aliphatic carboxylic acids is 2. The van der Waals surface area contributed by atoms with Gasteiger partial charge in [0.25, 0.3) is 0 Å². The zero-order valence-electron chi connectivity index (χ0n) is 19.3. The van der Waals surface area contributed by atoms with E-state index >= 15 is 0 Å². The number of amides is 2. The second-order valence-electron chi connectivity index (χ2n) is 9.25. The van der Waals surface area contributed by atoms with Crippen LogP contribution in [0.5, 0.6) is 0 Å². The molecular weight excluding hydrogens is 536 g/mol. The van der Waals surface area contributed by atoms with E-state index in [1.54, 1.807) is 19.2 Å². The molecule has 37 heavy (non-hydrogen) atoms. The number of thioether (sulfide) groups is 1. The minimum absolute atomic E-state index is 0.262. The van der Waals surface area contributed by atoms with Gasteiger partial charge < -0.3 is 45.2 Å². The highest BCUT2D eigenvalue weighted by Crippen LogP contribution is 2.51. The van der Waals surface area contributed by atoms with Crippen molar-refractivity contribution < 1.29 is 59.0 Å². The van der Waals surface area contributed by atoms with Crippen molar-refractivity contribution in [3.63, 3.8) is 0 Å². The van der Waals surface area contributed by atoms with E-state index in [1.165, 1.54) is 22.8 Å². The Balaban J connectivity index is 1.47. The standard InChI is InChI=1S/C21H24N2O12S2/c1-21(2)13(19(33)35-20-11(26)9(24)10(25)12(34-20)18(31)32)23-15(28)8(16(23)37-21)22-14(27)7(17(29)30)6-3-4-36-5-6/h3-5,7-13,16,20,24-26H,1-2H3,(H,22,27)(H,29,30)(H,31,32)/t7-,8-,9?,10?,11?,12?,13+,16-,20?/m1/s1. The number of nitrogens with zero attached hydrogens (tertiary/aromatic N) is 1. The number of rotatable bonds is 7. The molecule has 0 saturated carbocycles. The van der Waals surface area contributed by atoms with Crippen LogP contribution in [0.1, 0.15) is 25.3 Å². The van der Waals surface area contributed by atoms with Crippen LogP contribution in [-0.2, 0) is 33.4 Å². The van der Waals surface area contributed by atoms with E-state index in [1.807, 2.05) is 0 Å². The van der Waals surface area contributed by atoms with E-state index < -0.39 is 88.6 Å². The number of carboxylic acids is 2. The van der Waals surface area contributed by atoms with Crippen LogP contribution in [0.3, 0.4) is 0 Å². The predicted octanol–water partition coefficient (Wildman–Crippen LogP) is -2.10. The van der Waals surface area contributed by atoms with Gasteiger partial charge in [-0.05, 0) is 36.2 Å². The van der Waals surface area contributed by atoms with Gasteiger partial charge in [0.05, 0.1) is 0 Å². The quantitative estimate of drug-likeness (QED) is 0.120. The van der Waals surface area contributed by atoms with Gasteiger partial charge in [-0.1, -0.05) is 0 Å². The topological polar surface area (TPSA) is 220 Å². The molecule has 0 aliphatic carbocycles. The first-order chi connectivity index (χ1) is 17.3. The molecule has 0 aromatic carbocycles. The Kier molecular flexibility index (Phi) is 7.26. The molecule has 6 N–H and O–H groups in total. The van der Waals surface area contributed by atoms with Crippen molar-refractivity contribution in [1.29, 1.82) is 0 Å². The fourth-order valence-electron chi connectivity index (χ4n) is 4.54. The number of esters is 1. The smallest absolute Gasteiger partial charge is 0.335 e. The lowest BCUT2D eigenvalue weighted by atomic mass is 9.94. The number of hydrogen-bond acceptors (Lipinski definition) is 12. The highest BCUT2D eigenvalue weighted by atomic mass is 32.2. The number of carboxylic acid groups (broad SMARTS) is 2. The summed E-state index contributed by atoms with van der Waals surface area (Å²) < 4.78 is 9.14. The molecule has 2 amide bonds. The van der Waals surface area contributed by atoms with Crippen molar-refractivity contribution in [2.24, 2.45) is 0 Å². The molecule has 3 saturated heterocycles. The molecule has 4 heterocycles. The van der Waals surface area contributed by atoms with Crippen molar-refractivity contribution in [2.75, 3.05) is 0 Å². The van der Waals surface area contributed by atoms with Gasteiger partial charge in [0.15, 0.2) is 12.0 Å². The zero-order chi connectivity index (χ0) is 27.4. The number of nitrogens with one attached hydrogen (secondary N) is 1. The molecule has 9 atom stereocenters. The number of carbonyl (C=O) groups excluding carboxylic acids is 3. The van der Waals surface area contributed by atoms with Gasteiger partial charge in [0.2, 0.25) is 18.1 Å². The minimum Gasteiger partial charge on any atom is -0.480 e. The van der Waals surface area contributed by atoms with Crippen LogP contribution in [0.4, 0.5) is 0 Å². The summed E-state index contributed by atoms with van der Waals surface area (Å²) in [5.74, 6) is -7.21. The average Bonchev–Trinajstić information content (AvgIpc) is 3.41. The molecule has 0 bridgehead atoms. The van der Waals surface area contributed by atoms with Crippen LogP contribution in [-0.4, -0.2) is 113 Å². The number of aliphatic hydroxyl groups is 3. The molecule has 3 fully saturated rings. The van der Waals surface area contributed by atoms with Gasteiger partial charge in [-0.25, -0.2) is 9.59 Å². The Hall–Kier alpha value is -2.76. The number of thiophene rings is 1. The van der Waals surface area contributed by atoms with Crippen LogP contribution in [0.15, 0.2) is 16.8 Å². The number of aliphatic hydroxyl groups excluding tert-OH is 3. The molecule has 4 rings (SSSR count). The molecule has 14 nitrogen and oxygen atoms in total. The molecular formula is C21H24N2O12S2. The monoisotopic (exact) mass is 560 g/mol. The van der Waals surface area contributed by atoms with Crippen LogP contribution in [0, 0.1) is 0 Å². The first-order valence-corrected chi connectivity index (χ1v) is 12.8. The summed E-state index contributed by atoms with van der Waals surface area (Å²) in [6.45, 7) is 3.24. The van der Waals surface area contributed by atoms with Crippen LogP contribution in [0.25, 0.3) is 0 Å². The number of fused-ring (bicyclic) bond motifs is 1. The van der Waals surface area contributed by atoms with Gasteiger partial charge in [-0.2, -0.15) is 11.3 Å². The van der Waals surface area contributed by atoms with Crippen molar-refractivity contribution in [3.05, 3.63) is 22.4 Å². The zero-order valence-corrected chi connectivity index (χ0v) is 20.9. The van der Waals surface area contributed by atoms with E-state index in [4.69, 9.17) is 14.6 Å². The maximum absolute atomic E-state index is 13.1. The summed E-state index contributed by atoms with van der Waals surface area (Å²) in [7, 11) is 0. The molecule has 3 aliphatic heterocycles. The van der Waals surface area contributed by atoms with Gasteiger partial charge in [-0.3, -0.25) is 14.4 Å². The molecule has 1 aromatic rings. The normalized spacial score (nSPS) is 35.2. The van der Waals surface area contributed by atoms with Crippen LogP contribution in [0.2, 0.25) is 0 Å². The van der Waals surface area contributed by atoms with Crippen LogP contribution < -0.4 is 5.32 Å². The third-order valence-electron chi connectivity index (χ3n) is 6.39. The number of ether oxygens (including phenoxy) is 2. The van der Waals surface area contributed by atoms with Crippen molar-refractivity contribution in [3.8, 4) is 0 Å². The second kappa shape index (κ2) is 9.85. The molecule has 16 heteroatoms. The summed E-state index contributed by atoms with van der Waals surface area (Å²) in [5, 5.41) is 53.4. The lowest BCUT2D eigenvalue weighted by molar-refractivity contribution is -0.287. The molecule has 0 spiro atoms. The summed E-state index contributed by atoms with van der Waals surface area (Å²) in [4.78, 5) is 62.9. The Morgan fingerprint density at radius 3 is 2.38 bits per heavy atom. The third-order valence-corrected chi connectivity index (χ3v) is 8.67. The fourth-order valence-corrected chi connectivity index (χ4v) is 6.84. The summed E-state index contributed by atoms with van der Waals surface area (Å²) in [6.07, 6.45) is -9.85. The van der Waals surface area contributed by atoms with E-state index in [-0.39, 0.29) is 5.56 Å². The van der Waals surface area contributed by atoms with Crippen LogP contribution >= 0.6 is 23.1 Å². The van der Waals surface area contributed by atoms with Crippen molar-refractivity contribution in [1.82, 2.24) is 10.2 Å². The van der Waals surface area contributed by atoms with E-state index in [0.717, 1.165) is 16.7 Å². The summed E-state index contributed by atoms with van der Waals surface area (Å²) in [5.41, 5.74) is 0.262. The second-order valence-corrected chi connectivity index (χ2v) is 11.8. The lowest BCUT2D eigenvalue weighted by Gasteiger charge is -2.44. The summed E-state index contributed by atoms with van der Waals surface area (Å²) in [6, 6.07) is -0.873. The minimum atomic E-state index is -1.98. The van der Waals surface area contributed by atoms with E-state index in [0.29, 0.717) is 0 Å². The van der Waals surface area contributed by atoms with Crippen molar-refractivity contribution >= 4 is 52.8 Å². The highest BCUT2D eigenvalue weighted by Gasteiger charge is 2.65. The van der Waals surface area contributed by atoms with Gasteiger partial charge in [-0.15, -0.1) is 11.8 Å². The third kappa shape index (κ3) is 4.68.